The Hall–Kier alpha value is -2.34. The van der Waals surface area contributed by atoms with Crippen molar-refractivity contribution in [2.45, 2.75) is 76.4 Å². The van der Waals surface area contributed by atoms with E-state index in [2.05, 4.69) is 10.0 Å². The number of esters is 1. The third-order valence-electron chi connectivity index (χ3n) is 5.56. The van der Waals surface area contributed by atoms with Gasteiger partial charge >= 0.3 is 5.97 Å². The number of ether oxygens (including phenoxy) is 1. The summed E-state index contributed by atoms with van der Waals surface area (Å²) in [6.07, 6.45) is 9.79. The third kappa shape index (κ3) is 8.57. The van der Waals surface area contributed by atoms with Gasteiger partial charge in [-0.25, -0.2) is 0 Å². The predicted molar refractivity (Wildman–Crippen MR) is 116 cm³/mol. The first-order chi connectivity index (χ1) is 14.4. The number of hydrogen-bond donors (Lipinski definition) is 2. The number of carbonyl (C=O) groups is 1. The summed E-state index contributed by atoms with van der Waals surface area (Å²) in [5.41, 5.74) is 9.21. The van der Waals surface area contributed by atoms with Gasteiger partial charge in [0.2, 0.25) is 0 Å². The lowest BCUT2D eigenvalue weighted by atomic mass is 9.76. The number of unbranched alkanes of at least 4 members (excludes halogenated alkanes) is 1. The fraction of sp³-hybridized carbons (Fsp3) is 0.609. The van der Waals surface area contributed by atoms with E-state index in [0.717, 1.165) is 32.1 Å². The second-order valence-electron chi connectivity index (χ2n) is 8.12. The van der Waals surface area contributed by atoms with Crippen LogP contribution < -0.4 is 0 Å². The summed E-state index contributed by atoms with van der Waals surface area (Å²) in [5.74, 6) is -0.181. The van der Waals surface area contributed by atoms with Crippen molar-refractivity contribution in [2.75, 3.05) is 6.61 Å². The molecule has 1 unspecified atom stereocenters. The van der Waals surface area contributed by atoms with Gasteiger partial charge in [-0.1, -0.05) is 48.0 Å². The second kappa shape index (κ2) is 12.4. The summed E-state index contributed by atoms with van der Waals surface area (Å²) in [5, 5.41) is 24.5. The monoisotopic (exact) mass is 415 g/mol. The quantitative estimate of drug-likeness (QED) is 0.130. The van der Waals surface area contributed by atoms with Crippen LogP contribution in [0.25, 0.3) is 10.4 Å². The van der Waals surface area contributed by atoms with Crippen LogP contribution in [0.4, 0.5) is 5.69 Å². The summed E-state index contributed by atoms with van der Waals surface area (Å²) < 4.78 is 4.97. The Morgan fingerprint density at radius 1 is 1.40 bits per heavy atom. The van der Waals surface area contributed by atoms with Crippen LogP contribution in [0.1, 0.15) is 63.9 Å². The van der Waals surface area contributed by atoms with Crippen LogP contribution in [0.2, 0.25) is 0 Å². The van der Waals surface area contributed by atoms with Crippen LogP contribution in [0.15, 0.2) is 41.5 Å². The molecule has 164 valence electrons. The van der Waals surface area contributed by atoms with Gasteiger partial charge < -0.3 is 14.9 Å². The molecule has 0 amide bonds. The first kappa shape index (κ1) is 23.9. The van der Waals surface area contributed by atoms with Gasteiger partial charge in [0.15, 0.2) is 0 Å². The molecule has 0 spiro atoms. The van der Waals surface area contributed by atoms with Crippen molar-refractivity contribution in [3.05, 3.63) is 52.4 Å². The molecule has 1 aromatic rings. The number of benzene rings is 1. The first-order valence-corrected chi connectivity index (χ1v) is 10.8. The van der Waals surface area contributed by atoms with E-state index in [0.29, 0.717) is 31.6 Å². The summed E-state index contributed by atoms with van der Waals surface area (Å²) in [4.78, 5) is 14.5. The highest BCUT2D eigenvalue weighted by atomic mass is 16.5. The maximum atomic E-state index is 11.7. The van der Waals surface area contributed by atoms with Crippen molar-refractivity contribution in [1.82, 2.24) is 0 Å². The molecule has 0 aliphatic heterocycles. The molecule has 0 heterocycles. The van der Waals surface area contributed by atoms with Crippen LogP contribution in [-0.4, -0.2) is 34.5 Å². The lowest BCUT2D eigenvalue weighted by Crippen LogP contribution is -2.37. The largest absolute Gasteiger partial charge is 0.466 e. The molecule has 0 aromatic heterocycles. The van der Waals surface area contributed by atoms with Gasteiger partial charge in [-0.2, -0.15) is 0 Å². The molecule has 30 heavy (non-hydrogen) atoms. The molecule has 0 saturated heterocycles. The Bertz CT molecular complexity index is 743. The molecule has 1 saturated carbocycles. The van der Waals surface area contributed by atoms with Crippen LogP contribution in [0.3, 0.4) is 0 Å². The Balaban J connectivity index is 1.70. The Kier molecular flexibility index (Phi) is 9.87. The molecule has 1 fully saturated rings. The average Bonchev–Trinajstić information content (AvgIpc) is 2.71. The van der Waals surface area contributed by atoms with Gasteiger partial charge in [-0.05, 0) is 68.9 Å². The van der Waals surface area contributed by atoms with Crippen molar-refractivity contribution in [2.24, 2.45) is 11.0 Å². The zero-order valence-electron chi connectivity index (χ0n) is 17.7. The van der Waals surface area contributed by atoms with Crippen LogP contribution >= 0.6 is 0 Å². The molecule has 1 aliphatic carbocycles. The fourth-order valence-electron chi connectivity index (χ4n) is 4.04. The van der Waals surface area contributed by atoms with Crippen molar-refractivity contribution in [1.29, 1.82) is 0 Å². The maximum absolute atomic E-state index is 11.7. The molecule has 7 nitrogen and oxygen atoms in total. The molecule has 2 rings (SSSR count). The minimum absolute atomic E-state index is 0.0393. The van der Waals surface area contributed by atoms with E-state index in [-0.39, 0.29) is 18.3 Å². The second-order valence-corrected chi connectivity index (χ2v) is 8.12. The Labute approximate surface area is 178 Å². The van der Waals surface area contributed by atoms with Crippen LogP contribution in [-0.2, 0) is 16.0 Å². The molecular weight excluding hydrogens is 382 g/mol. The van der Waals surface area contributed by atoms with E-state index >= 15 is 0 Å². The number of carbonyl (C=O) groups excluding carboxylic acids is 1. The minimum atomic E-state index is -1.00. The molecule has 1 aliphatic rings. The molecule has 2 N–H and O–H groups in total. The molecule has 1 aromatic carbocycles. The molecule has 3 atom stereocenters. The number of aliphatic hydroxyl groups is 2. The highest BCUT2D eigenvalue weighted by Gasteiger charge is 2.35. The van der Waals surface area contributed by atoms with Crippen molar-refractivity contribution >= 4 is 11.7 Å². The number of aryl methyl sites for hydroxylation is 1. The SMILES string of the molecule is CCOC(=O)C[C@@]1(O)CCC[C@H](/C=C/C(O)CCCCc2ccc(N=[N+]=[N-])cc2)C1. The summed E-state index contributed by atoms with van der Waals surface area (Å²) in [6, 6.07) is 7.53. The minimum Gasteiger partial charge on any atom is -0.466 e. The average molecular weight is 416 g/mol. The lowest BCUT2D eigenvalue weighted by molar-refractivity contribution is -0.150. The van der Waals surface area contributed by atoms with E-state index in [1.54, 1.807) is 19.1 Å². The standard InChI is InChI=1S/C23H33N3O4/c1-2-30-22(28)17-23(29)15-5-7-19(16-23)11-14-21(27)8-4-3-6-18-9-12-20(13-10-18)25-26-24/h9-14,19,21,27,29H,2-8,15-17H2,1H3/b14-11+/t19-,21?,23-/m1/s1. The van der Waals surface area contributed by atoms with Crippen molar-refractivity contribution in [3.8, 4) is 0 Å². The highest BCUT2D eigenvalue weighted by molar-refractivity contribution is 5.70. The van der Waals surface area contributed by atoms with E-state index in [1.807, 2.05) is 24.3 Å². The molecule has 0 radical (unpaired) electrons. The van der Waals surface area contributed by atoms with E-state index in [9.17, 15) is 15.0 Å². The van der Waals surface area contributed by atoms with Gasteiger partial charge in [0.25, 0.3) is 0 Å². The van der Waals surface area contributed by atoms with E-state index < -0.39 is 11.7 Å². The summed E-state index contributed by atoms with van der Waals surface area (Å²) in [7, 11) is 0. The smallest absolute Gasteiger partial charge is 0.308 e. The molecule has 7 heteroatoms. The number of azide groups is 1. The van der Waals surface area contributed by atoms with Gasteiger partial charge in [0.05, 0.1) is 24.7 Å². The topological polar surface area (TPSA) is 116 Å². The number of rotatable bonds is 11. The third-order valence-corrected chi connectivity index (χ3v) is 5.56. The van der Waals surface area contributed by atoms with Crippen molar-refractivity contribution in [3.63, 3.8) is 0 Å². The highest BCUT2D eigenvalue weighted by Crippen LogP contribution is 2.36. The van der Waals surface area contributed by atoms with Crippen LogP contribution in [0, 0.1) is 5.92 Å². The van der Waals surface area contributed by atoms with Gasteiger partial charge in [-0.3, -0.25) is 4.79 Å². The molecule has 0 bridgehead atoms. The number of allylic oxidation sites excluding steroid dienone is 1. The Morgan fingerprint density at radius 3 is 2.87 bits per heavy atom. The zero-order valence-corrected chi connectivity index (χ0v) is 17.7. The maximum Gasteiger partial charge on any atom is 0.308 e. The predicted octanol–water partition coefficient (Wildman–Crippen LogP) is 5.13. The first-order valence-electron chi connectivity index (χ1n) is 10.8. The van der Waals surface area contributed by atoms with Gasteiger partial charge in [-0.15, -0.1) is 0 Å². The summed E-state index contributed by atoms with van der Waals surface area (Å²) in [6.45, 7) is 2.09. The lowest BCUT2D eigenvalue weighted by Gasteiger charge is -2.35. The summed E-state index contributed by atoms with van der Waals surface area (Å²) >= 11 is 0. The normalized spacial score (nSPS) is 22.4. The number of aliphatic hydroxyl groups excluding tert-OH is 1. The van der Waals surface area contributed by atoms with Crippen LogP contribution in [0.5, 0.6) is 0 Å². The number of nitrogens with zero attached hydrogens (tertiary/aromatic N) is 3. The van der Waals surface area contributed by atoms with E-state index in [1.165, 1.54) is 5.56 Å². The number of hydrogen-bond acceptors (Lipinski definition) is 5. The Morgan fingerprint density at radius 2 is 2.17 bits per heavy atom. The van der Waals surface area contributed by atoms with Crippen molar-refractivity contribution < 1.29 is 19.7 Å². The van der Waals surface area contributed by atoms with Gasteiger partial charge in [0.1, 0.15) is 0 Å². The zero-order chi connectivity index (χ0) is 21.8. The van der Waals surface area contributed by atoms with Gasteiger partial charge in [0, 0.05) is 10.6 Å². The fourth-order valence-corrected chi connectivity index (χ4v) is 4.04. The molecular formula is C23H33N3O4. The van der Waals surface area contributed by atoms with E-state index in [4.69, 9.17) is 10.3 Å².